The van der Waals surface area contributed by atoms with E-state index in [2.05, 4.69) is 6.92 Å². The highest BCUT2D eigenvalue weighted by Crippen LogP contribution is 2.26. The fourth-order valence-electron chi connectivity index (χ4n) is 3.52. The van der Waals surface area contributed by atoms with E-state index in [9.17, 15) is 9.59 Å². The van der Waals surface area contributed by atoms with Crippen molar-refractivity contribution in [2.75, 3.05) is 27.3 Å². The molecule has 0 bridgehead atoms. The Hall–Kier alpha value is -2.96. The monoisotopic (exact) mass is 443 g/mol. The summed E-state index contributed by atoms with van der Waals surface area (Å²) in [7, 11) is 5.07. The van der Waals surface area contributed by atoms with Crippen LogP contribution in [-0.4, -0.2) is 59.5 Å². The third kappa shape index (κ3) is 6.28. The van der Waals surface area contributed by atoms with Gasteiger partial charge in [-0.3, -0.25) is 9.59 Å². The van der Waals surface area contributed by atoms with Gasteiger partial charge >= 0.3 is 0 Å². The molecule has 0 radical (unpaired) electrons. The van der Waals surface area contributed by atoms with Gasteiger partial charge < -0.3 is 23.8 Å². The number of hydrogen-bond donors (Lipinski definition) is 0. The summed E-state index contributed by atoms with van der Waals surface area (Å²) in [6.07, 6.45) is 4.63. The molecule has 2 rings (SSSR count). The number of methoxy groups -OCH3 is 2. The van der Waals surface area contributed by atoms with Crippen molar-refractivity contribution >= 4 is 11.8 Å². The van der Waals surface area contributed by atoms with Crippen LogP contribution in [0.25, 0.3) is 0 Å². The smallest absolute Gasteiger partial charge is 0.258 e. The zero-order valence-electron chi connectivity index (χ0n) is 20.3. The molecule has 0 saturated heterocycles. The first kappa shape index (κ1) is 25.3. The van der Waals surface area contributed by atoms with E-state index in [-0.39, 0.29) is 24.4 Å². The Labute approximate surface area is 191 Å². The van der Waals surface area contributed by atoms with Crippen molar-refractivity contribution in [3.05, 3.63) is 47.8 Å². The molecule has 2 amide bonds. The summed E-state index contributed by atoms with van der Waals surface area (Å²) >= 11 is 0. The number of benzene rings is 1. The van der Waals surface area contributed by atoms with Crippen molar-refractivity contribution in [2.45, 2.75) is 52.6 Å². The number of ether oxygens (including phenoxy) is 2. The topological polar surface area (TPSA) is 64.0 Å². The summed E-state index contributed by atoms with van der Waals surface area (Å²) in [4.78, 5) is 30.4. The van der Waals surface area contributed by atoms with Gasteiger partial charge in [-0.15, -0.1) is 0 Å². The molecule has 0 N–H and O–H groups in total. The fraction of sp³-hybridized carbons (Fsp3) is 0.520. The average molecular weight is 444 g/mol. The fourth-order valence-corrected chi connectivity index (χ4v) is 3.52. The molecule has 1 atom stereocenters. The van der Waals surface area contributed by atoms with E-state index in [1.807, 2.05) is 48.7 Å². The molecule has 1 aromatic carbocycles. The van der Waals surface area contributed by atoms with E-state index in [1.54, 1.807) is 30.2 Å². The highest BCUT2D eigenvalue weighted by Gasteiger charge is 2.28. The molecule has 0 aliphatic heterocycles. The first-order valence-corrected chi connectivity index (χ1v) is 11.3. The van der Waals surface area contributed by atoms with Crippen LogP contribution in [0.15, 0.2) is 36.5 Å². The lowest BCUT2D eigenvalue weighted by Crippen LogP contribution is -2.46. The van der Waals surface area contributed by atoms with Crippen LogP contribution in [0.4, 0.5) is 0 Å². The Balaban J connectivity index is 2.28. The molecule has 0 fully saturated rings. The van der Waals surface area contributed by atoms with Crippen LogP contribution in [0.5, 0.6) is 11.5 Å². The van der Waals surface area contributed by atoms with Crippen LogP contribution < -0.4 is 9.47 Å². The van der Waals surface area contributed by atoms with Gasteiger partial charge in [-0.1, -0.05) is 20.3 Å². The molecule has 176 valence electrons. The molecule has 1 heterocycles. The van der Waals surface area contributed by atoms with Gasteiger partial charge in [-0.25, -0.2) is 0 Å². The summed E-state index contributed by atoms with van der Waals surface area (Å²) in [5, 5.41) is 0. The van der Waals surface area contributed by atoms with Crippen LogP contribution in [0.1, 0.15) is 56.1 Å². The molecule has 0 aliphatic rings. The van der Waals surface area contributed by atoms with Crippen molar-refractivity contribution in [2.24, 2.45) is 7.05 Å². The Morgan fingerprint density at radius 3 is 2.44 bits per heavy atom. The molecule has 7 nitrogen and oxygen atoms in total. The second kappa shape index (κ2) is 12.2. The van der Waals surface area contributed by atoms with E-state index in [0.29, 0.717) is 30.2 Å². The number of rotatable bonds is 12. The Morgan fingerprint density at radius 1 is 1.12 bits per heavy atom. The normalized spacial score (nSPS) is 11.7. The first-order chi connectivity index (χ1) is 15.4. The number of aromatic nitrogens is 1. The third-order valence-corrected chi connectivity index (χ3v) is 5.87. The number of hydrogen-bond acceptors (Lipinski definition) is 4. The van der Waals surface area contributed by atoms with Gasteiger partial charge in [0.2, 0.25) is 5.91 Å². The number of aryl methyl sites for hydroxylation is 1. The molecule has 0 aliphatic carbocycles. The van der Waals surface area contributed by atoms with E-state index >= 15 is 0 Å². The van der Waals surface area contributed by atoms with Gasteiger partial charge in [-0.05, 0) is 44.0 Å². The van der Waals surface area contributed by atoms with Crippen molar-refractivity contribution in [3.8, 4) is 11.5 Å². The lowest BCUT2D eigenvalue weighted by atomic mass is 10.1. The number of nitrogens with zero attached hydrogens (tertiary/aromatic N) is 3. The van der Waals surface area contributed by atoms with Gasteiger partial charge in [-0.2, -0.15) is 0 Å². The van der Waals surface area contributed by atoms with Gasteiger partial charge in [0.25, 0.3) is 5.91 Å². The molecule has 0 spiro atoms. The second-order valence-corrected chi connectivity index (χ2v) is 8.04. The van der Waals surface area contributed by atoms with Gasteiger partial charge in [0.15, 0.2) is 0 Å². The predicted molar refractivity (Wildman–Crippen MR) is 126 cm³/mol. The Kier molecular flexibility index (Phi) is 9.62. The third-order valence-electron chi connectivity index (χ3n) is 5.87. The molecular weight excluding hydrogens is 406 g/mol. The van der Waals surface area contributed by atoms with Crippen molar-refractivity contribution in [3.63, 3.8) is 0 Å². The second-order valence-electron chi connectivity index (χ2n) is 8.04. The van der Waals surface area contributed by atoms with Crippen molar-refractivity contribution < 1.29 is 19.1 Å². The molecule has 32 heavy (non-hydrogen) atoms. The molecule has 1 aromatic heterocycles. The minimum Gasteiger partial charge on any atom is -0.497 e. The average Bonchev–Trinajstić information content (AvgIpc) is 3.22. The summed E-state index contributed by atoms with van der Waals surface area (Å²) in [6.45, 7) is 7.30. The maximum absolute atomic E-state index is 13.5. The van der Waals surface area contributed by atoms with E-state index in [1.165, 1.54) is 7.11 Å². The lowest BCUT2D eigenvalue weighted by Gasteiger charge is -2.32. The molecule has 2 aromatic rings. The molecular formula is C25H37N3O4. The molecule has 7 heteroatoms. The first-order valence-electron chi connectivity index (χ1n) is 11.3. The van der Waals surface area contributed by atoms with Gasteiger partial charge in [0.05, 0.1) is 26.3 Å². The predicted octanol–water partition coefficient (Wildman–Crippen LogP) is 4.11. The number of amides is 2. The number of carbonyl (C=O) groups excluding carboxylic acids is 2. The van der Waals surface area contributed by atoms with Crippen LogP contribution in [0.3, 0.4) is 0 Å². The standard InChI is InChI=1S/C25H37N3O4/c1-7-9-15-27(17-20-11-10-14-26(20)4)24(29)18-28(19(3)8-2)25(30)22-13-12-21(31-5)16-23(22)32-6/h10-14,16,19H,7-9,15,17-18H2,1-6H3. The van der Waals surface area contributed by atoms with Crippen molar-refractivity contribution in [1.82, 2.24) is 14.4 Å². The molecule has 0 saturated carbocycles. The maximum atomic E-state index is 13.5. The maximum Gasteiger partial charge on any atom is 0.258 e. The minimum atomic E-state index is -0.221. The van der Waals surface area contributed by atoms with Crippen LogP contribution in [0.2, 0.25) is 0 Å². The highest BCUT2D eigenvalue weighted by atomic mass is 16.5. The van der Waals surface area contributed by atoms with Crippen LogP contribution >= 0.6 is 0 Å². The van der Waals surface area contributed by atoms with E-state index < -0.39 is 0 Å². The Bertz CT molecular complexity index is 893. The highest BCUT2D eigenvalue weighted by molar-refractivity contribution is 5.99. The van der Waals surface area contributed by atoms with Crippen LogP contribution in [-0.2, 0) is 18.4 Å². The number of unbranched alkanes of at least 4 members (excludes halogenated alkanes) is 1. The summed E-state index contributed by atoms with van der Waals surface area (Å²) < 4.78 is 12.7. The van der Waals surface area contributed by atoms with Crippen molar-refractivity contribution in [1.29, 1.82) is 0 Å². The van der Waals surface area contributed by atoms with E-state index in [4.69, 9.17) is 9.47 Å². The molecule has 1 unspecified atom stereocenters. The van der Waals surface area contributed by atoms with Crippen LogP contribution in [0, 0.1) is 0 Å². The lowest BCUT2D eigenvalue weighted by molar-refractivity contribution is -0.133. The summed E-state index contributed by atoms with van der Waals surface area (Å²) in [5.41, 5.74) is 1.48. The zero-order chi connectivity index (χ0) is 23.7. The van der Waals surface area contributed by atoms with E-state index in [0.717, 1.165) is 25.0 Å². The SMILES string of the molecule is CCCCN(Cc1cccn1C)C(=O)CN(C(=O)c1ccc(OC)cc1OC)C(C)CC. The summed E-state index contributed by atoms with van der Waals surface area (Å²) in [5.74, 6) is 0.766. The zero-order valence-corrected chi connectivity index (χ0v) is 20.3. The minimum absolute atomic E-state index is 0.0250. The largest absolute Gasteiger partial charge is 0.497 e. The Morgan fingerprint density at radius 2 is 1.88 bits per heavy atom. The van der Waals surface area contributed by atoms with Gasteiger partial charge in [0, 0.05) is 37.6 Å². The quantitative estimate of drug-likeness (QED) is 0.495. The summed E-state index contributed by atoms with van der Waals surface area (Å²) in [6, 6.07) is 9.01. The number of carbonyl (C=O) groups is 2. The van der Waals surface area contributed by atoms with Gasteiger partial charge in [0.1, 0.15) is 18.0 Å².